The van der Waals surface area contributed by atoms with Crippen molar-refractivity contribution in [3.8, 4) is 5.69 Å². The third-order valence-electron chi connectivity index (χ3n) is 5.17. The molecular weight excluding hydrogens is 395 g/mol. The number of benzene rings is 2. The van der Waals surface area contributed by atoms with Gasteiger partial charge >= 0.3 is 0 Å². The number of rotatable bonds is 6. The van der Waals surface area contributed by atoms with E-state index in [4.69, 9.17) is 0 Å². The van der Waals surface area contributed by atoms with Crippen LogP contribution in [0, 0.1) is 25.6 Å². The van der Waals surface area contributed by atoms with Gasteiger partial charge in [0, 0.05) is 34.6 Å². The third-order valence-corrected chi connectivity index (χ3v) is 5.17. The van der Waals surface area contributed by atoms with Crippen molar-refractivity contribution in [1.82, 2.24) is 9.78 Å². The van der Waals surface area contributed by atoms with Crippen LogP contribution in [0.25, 0.3) is 11.8 Å². The zero-order valence-corrected chi connectivity index (χ0v) is 17.4. The third kappa shape index (κ3) is 4.88. The van der Waals surface area contributed by atoms with Gasteiger partial charge in [0.15, 0.2) is 0 Å². The molecule has 4 rings (SSSR count). The van der Waals surface area contributed by atoms with Gasteiger partial charge in [-0.25, -0.2) is 9.07 Å². The highest BCUT2D eigenvalue weighted by Gasteiger charge is 2.29. The number of nitrogens with zero attached hydrogens (tertiary/aromatic N) is 2. The zero-order chi connectivity index (χ0) is 22.0. The van der Waals surface area contributed by atoms with E-state index in [1.54, 1.807) is 47.2 Å². The van der Waals surface area contributed by atoms with Crippen LogP contribution in [-0.2, 0) is 9.59 Å². The standard InChI is InChI=1S/C24H23FN4O2/c1-15-22(16(2)29(28-15)21-10-8-18(25)9-11-21)12-13-23(30)26-19-4-3-5-20(14-19)27-24(31)17-6-7-17/h3-5,8-14,17H,6-7H2,1-2H3,(H,26,30)(H,27,31)/b13-12+. The Kier molecular flexibility index (Phi) is 5.66. The van der Waals surface area contributed by atoms with Crippen LogP contribution < -0.4 is 10.6 Å². The fraction of sp³-hybridized carbons (Fsp3) is 0.208. The maximum atomic E-state index is 13.2. The van der Waals surface area contributed by atoms with Crippen molar-refractivity contribution in [2.75, 3.05) is 10.6 Å². The number of halogens is 1. The van der Waals surface area contributed by atoms with Gasteiger partial charge in [0.2, 0.25) is 11.8 Å². The second-order valence-electron chi connectivity index (χ2n) is 7.64. The number of anilines is 2. The average Bonchev–Trinajstić information content (AvgIpc) is 3.54. The van der Waals surface area contributed by atoms with E-state index in [2.05, 4.69) is 15.7 Å². The minimum Gasteiger partial charge on any atom is -0.326 e. The monoisotopic (exact) mass is 418 g/mol. The summed E-state index contributed by atoms with van der Waals surface area (Å²) < 4.78 is 14.9. The molecule has 0 spiro atoms. The molecule has 0 aliphatic heterocycles. The molecule has 0 saturated heterocycles. The molecule has 31 heavy (non-hydrogen) atoms. The van der Waals surface area contributed by atoms with Gasteiger partial charge in [0.25, 0.3) is 0 Å². The fourth-order valence-corrected chi connectivity index (χ4v) is 3.34. The molecule has 158 valence electrons. The number of amides is 2. The Balaban J connectivity index is 1.45. The first kappa shape index (κ1) is 20.5. The maximum absolute atomic E-state index is 13.2. The molecule has 0 unspecified atom stereocenters. The maximum Gasteiger partial charge on any atom is 0.248 e. The SMILES string of the molecule is Cc1nn(-c2ccc(F)cc2)c(C)c1/C=C/C(=O)Nc1cccc(NC(=O)C2CC2)c1. The molecule has 0 bridgehead atoms. The van der Waals surface area contributed by atoms with Crippen LogP contribution in [0.15, 0.2) is 54.6 Å². The average molecular weight is 418 g/mol. The van der Waals surface area contributed by atoms with E-state index in [-0.39, 0.29) is 23.5 Å². The summed E-state index contributed by atoms with van der Waals surface area (Å²) in [4.78, 5) is 24.3. The Labute approximate surface area is 179 Å². The normalized spacial score (nSPS) is 13.4. The van der Waals surface area contributed by atoms with Crippen molar-refractivity contribution < 1.29 is 14.0 Å². The van der Waals surface area contributed by atoms with Crippen molar-refractivity contribution in [1.29, 1.82) is 0 Å². The van der Waals surface area contributed by atoms with Crippen LogP contribution in [0.5, 0.6) is 0 Å². The van der Waals surface area contributed by atoms with Gasteiger partial charge in [-0.15, -0.1) is 0 Å². The van der Waals surface area contributed by atoms with E-state index in [0.29, 0.717) is 11.4 Å². The molecule has 1 aliphatic carbocycles. The smallest absolute Gasteiger partial charge is 0.248 e. The summed E-state index contributed by atoms with van der Waals surface area (Å²) in [7, 11) is 0. The van der Waals surface area contributed by atoms with Crippen molar-refractivity contribution in [2.45, 2.75) is 26.7 Å². The molecule has 1 saturated carbocycles. The molecule has 2 amide bonds. The number of nitrogens with one attached hydrogen (secondary N) is 2. The van der Waals surface area contributed by atoms with Crippen LogP contribution in [0.4, 0.5) is 15.8 Å². The van der Waals surface area contributed by atoms with E-state index < -0.39 is 0 Å². The molecule has 3 aromatic rings. The summed E-state index contributed by atoms with van der Waals surface area (Å²) in [5, 5.41) is 10.2. The quantitative estimate of drug-likeness (QED) is 0.573. The van der Waals surface area contributed by atoms with Crippen molar-refractivity contribution in [3.05, 3.63) is 77.4 Å². The minimum atomic E-state index is -0.307. The molecule has 2 N–H and O–H groups in total. The Bertz CT molecular complexity index is 1160. The lowest BCUT2D eigenvalue weighted by atomic mass is 10.2. The highest BCUT2D eigenvalue weighted by Crippen LogP contribution is 2.30. The Morgan fingerprint density at radius 1 is 1.06 bits per heavy atom. The first-order valence-electron chi connectivity index (χ1n) is 10.1. The molecule has 0 atom stereocenters. The molecule has 1 fully saturated rings. The number of hydrogen-bond donors (Lipinski definition) is 2. The fourth-order valence-electron chi connectivity index (χ4n) is 3.34. The van der Waals surface area contributed by atoms with Crippen molar-refractivity contribution >= 4 is 29.3 Å². The molecule has 1 aliphatic rings. The lowest BCUT2D eigenvalue weighted by Gasteiger charge is -2.07. The number of aromatic nitrogens is 2. The molecule has 6 nitrogen and oxygen atoms in total. The first-order chi connectivity index (χ1) is 14.9. The second-order valence-corrected chi connectivity index (χ2v) is 7.64. The van der Waals surface area contributed by atoms with E-state index in [1.807, 2.05) is 13.8 Å². The molecule has 2 aromatic carbocycles. The van der Waals surface area contributed by atoms with E-state index in [1.165, 1.54) is 18.2 Å². The Morgan fingerprint density at radius 2 is 1.74 bits per heavy atom. The second kappa shape index (κ2) is 8.55. The van der Waals surface area contributed by atoms with Gasteiger partial charge in [0.1, 0.15) is 5.82 Å². The number of carbonyl (C=O) groups excluding carboxylic acids is 2. The van der Waals surface area contributed by atoms with E-state index >= 15 is 0 Å². The van der Waals surface area contributed by atoms with Gasteiger partial charge in [-0.2, -0.15) is 5.10 Å². The van der Waals surface area contributed by atoms with Crippen LogP contribution in [0.3, 0.4) is 0 Å². The summed E-state index contributed by atoms with van der Waals surface area (Å²) in [6.45, 7) is 3.75. The minimum absolute atomic E-state index is 0.0208. The lowest BCUT2D eigenvalue weighted by Crippen LogP contribution is -2.14. The van der Waals surface area contributed by atoms with Crippen LogP contribution in [0.2, 0.25) is 0 Å². The highest BCUT2D eigenvalue weighted by molar-refractivity contribution is 6.02. The van der Waals surface area contributed by atoms with Gasteiger partial charge in [-0.3, -0.25) is 9.59 Å². The Morgan fingerprint density at radius 3 is 2.42 bits per heavy atom. The summed E-state index contributed by atoms with van der Waals surface area (Å²) >= 11 is 0. The molecular formula is C24H23FN4O2. The summed E-state index contributed by atoms with van der Waals surface area (Å²) in [5.74, 6) is -0.465. The van der Waals surface area contributed by atoms with Crippen LogP contribution in [-0.4, -0.2) is 21.6 Å². The van der Waals surface area contributed by atoms with Gasteiger partial charge in [0.05, 0.1) is 11.4 Å². The summed E-state index contributed by atoms with van der Waals surface area (Å²) in [6.07, 6.45) is 5.03. The van der Waals surface area contributed by atoms with Crippen molar-refractivity contribution in [2.24, 2.45) is 5.92 Å². The highest BCUT2D eigenvalue weighted by atomic mass is 19.1. The molecule has 1 heterocycles. The molecule has 0 radical (unpaired) electrons. The summed E-state index contributed by atoms with van der Waals surface area (Å²) in [5.41, 5.74) is 4.43. The van der Waals surface area contributed by atoms with Crippen LogP contribution >= 0.6 is 0 Å². The van der Waals surface area contributed by atoms with Gasteiger partial charge in [-0.05, 0) is 75.2 Å². The molecule has 1 aromatic heterocycles. The number of aryl methyl sites for hydroxylation is 1. The number of carbonyl (C=O) groups is 2. The van der Waals surface area contributed by atoms with Crippen LogP contribution in [0.1, 0.15) is 29.8 Å². The van der Waals surface area contributed by atoms with Gasteiger partial charge in [-0.1, -0.05) is 6.07 Å². The predicted octanol–water partition coefficient (Wildman–Crippen LogP) is 4.63. The zero-order valence-electron chi connectivity index (χ0n) is 17.4. The first-order valence-corrected chi connectivity index (χ1v) is 10.1. The largest absolute Gasteiger partial charge is 0.326 e. The molecule has 7 heteroatoms. The number of hydrogen-bond acceptors (Lipinski definition) is 3. The lowest BCUT2D eigenvalue weighted by molar-refractivity contribution is -0.117. The van der Waals surface area contributed by atoms with Crippen molar-refractivity contribution in [3.63, 3.8) is 0 Å². The van der Waals surface area contributed by atoms with Gasteiger partial charge < -0.3 is 10.6 Å². The Hall–Kier alpha value is -3.74. The van der Waals surface area contributed by atoms with E-state index in [9.17, 15) is 14.0 Å². The van der Waals surface area contributed by atoms with E-state index in [0.717, 1.165) is 35.5 Å². The summed E-state index contributed by atoms with van der Waals surface area (Å²) in [6, 6.07) is 13.2. The topological polar surface area (TPSA) is 76.0 Å². The predicted molar refractivity (Wildman–Crippen MR) is 118 cm³/mol.